The Labute approximate surface area is 100 Å². The van der Waals surface area contributed by atoms with E-state index in [0.29, 0.717) is 5.92 Å². The zero-order chi connectivity index (χ0) is 12.3. The SMILES string of the molecule is CC.CC(C)C1(C)c2ccccc2CN1C. The molecule has 1 aliphatic heterocycles. The summed E-state index contributed by atoms with van der Waals surface area (Å²) in [6.45, 7) is 12.0. The lowest BCUT2D eigenvalue weighted by atomic mass is 9.82. The molecule has 0 aromatic heterocycles. The van der Waals surface area contributed by atoms with Gasteiger partial charge in [-0.2, -0.15) is 0 Å². The maximum Gasteiger partial charge on any atom is 0.0459 e. The Morgan fingerprint density at radius 3 is 2.31 bits per heavy atom. The molecule has 1 aromatic carbocycles. The fourth-order valence-corrected chi connectivity index (χ4v) is 2.53. The van der Waals surface area contributed by atoms with Crippen molar-refractivity contribution in [3.05, 3.63) is 35.4 Å². The fraction of sp³-hybridized carbons (Fsp3) is 0.600. The first kappa shape index (κ1) is 13.2. The second kappa shape index (κ2) is 5.01. The van der Waals surface area contributed by atoms with E-state index in [1.165, 1.54) is 11.1 Å². The van der Waals surface area contributed by atoms with Crippen molar-refractivity contribution in [1.29, 1.82) is 0 Å². The number of benzene rings is 1. The lowest BCUT2D eigenvalue weighted by Gasteiger charge is -2.37. The minimum atomic E-state index is 0.219. The highest BCUT2D eigenvalue weighted by atomic mass is 15.2. The molecule has 1 unspecified atom stereocenters. The summed E-state index contributed by atoms with van der Waals surface area (Å²) in [5, 5.41) is 0. The first-order valence-electron chi connectivity index (χ1n) is 6.36. The number of rotatable bonds is 1. The van der Waals surface area contributed by atoms with Crippen LogP contribution < -0.4 is 0 Å². The molecule has 1 aliphatic rings. The predicted octanol–water partition coefficient (Wildman–Crippen LogP) is 4.03. The largest absolute Gasteiger partial charge is 0.292 e. The van der Waals surface area contributed by atoms with Gasteiger partial charge in [0.2, 0.25) is 0 Å². The number of fused-ring (bicyclic) bond motifs is 1. The van der Waals surface area contributed by atoms with E-state index in [0.717, 1.165) is 6.54 Å². The molecule has 0 bridgehead atoms. The smallest absolute Gasteiger partial charge is 0.0459 e. The third-order valence-corrected chi connectivity index (χ3v) is 3.89. The van der Waals surface area contributed by atoms with Crippen molar-refractivity contribution in [2.45, 2.75) is 46.7 Å². The van der Waals surface area contributed by atoms with Gasteiger partial charge in [-0.25, -0.2) is 0 Å². The van der Waals surface area contributed by atoms with Gasteiger partial charge in [-0.3, -0.25) is 4.90 Å². The van der Waals surface area contributed by atoms with Gasteiger partial charge in [-0.15, -0.1) is 0 Å². The summed E-state index contributed by atoms with van der Waals surface area (Å²) in [6, 6.07) is 8.82. The molecule has 0 radical (unpaired) electrons. The molecular formula is C15H25N. The molecule has 0 amide bonds. The summed E-state index contributed by atoms with van der Waals surface area (Å²) in [5.74, 6) is 0.649. The maximum atomic E-state index is 2.46. The highest BCUT2D eigenvalue weighted by Gasteiger charge is 2.40. The van der Waals surface area contributed by atoms with Crippen LogP contribution in [-0.4, -0.2) is 11.9 Å². The second-order valence-corrected chi connectivity index (χ2v) is 4.82. The van der Waals surface area contributed by atoms with Gasteiger partial charge in [0.25, 0.3) is 0 Å². The van der Waals surface area contributed by atoms with Crippen LogP contribution in [0.3, 0.4) is 0 Å². The molecule has 0 spiro atoms. The molecule has 0 N–H and O–H groups in total. The lowest BCUT2D eigenvalue weighted by molar-refractivity contribution is 0.103. The van der Waals surface area contributed by atoms with Crippen molar-refractivity contribution in [3.8, 4) is 0 Å². The van der Waals surface area contributed by atoms with Crippen molar-refractivity contribution < 1.29 is 0 Å². The van der Waals surface area contributed by atoms with E-state index in [2.05, 4.69) is 57.0 Å². The summed E-state index contributed by atoms with van der Waals surface area (Å²) >= 11 is 0. The summed E-state index contributed by atoms with van der Waals surface area (Å²) in [7, 11) is 2.22. The zero-order valence-electron chi connectivity index (χ0n) is 11.5. The Kier molecular flexibility index (Phi) is 4.15. The van der Waals surface area contributed by atoms with Crippen LogP contribution in [0.2, 0.25) is 0 Å². The standard InChI is InChI=1S/C13H19N.C2H6/c1-10(2)13(3)12-8-6-5-7-11(12)9-14(13)4;1-2/h5-8,10H,9H2,1-4H3;1-2H3. The van der Waals surface area contributed by atoms with Crippen LogP contribution in [0, 0.1) is 5.92 Å². The lowest BCUT2D eigenvalue weighted by Crippen LogP contribution is -2.39. The highest BCUT2D eigenvalue weighted by Crippen LogP contribution is 2.42. The average Bonchev–Trinajstić information content (AvgIpc) is 2.56. The molecule has 1 heteroatoms. The monoisotopic (exact) mass is 219 g/mol. The maximum absolute atomic E-state index is 2.46. The third-order valence-electron chi connectivity index (χ3n) is 3.89. The molecule has 16 heavy (non-hydrogen) atoms. The highest BCUT2D eigenvalue weighted by molar-refractivity contribution is 5.37. The van der Waals surface area contributed by atoms with Gasteiger partial charge in [0.1, 0.15) is 0 Å². The van der Waals surface area contributed by atoms with Crippen LogP contribution in [-0.2, 0) is 12.1 Å². The number of hydrogen-bond acceptors (Lipinski definition) is 1. The van der Waals surface area contributed by atoms with Crippen molar-refractivity contribution in [3.63, 3.8) is 0 Å². The van der Waals surface area contributed by atoms with Crippen LogP contribution in [0.1, 0.15) is 45.7 Å². The van der Waals surface area contributed by atoms with E-state index in [1.807, 2.05) is 13.8 Å². The normalized spacial score (nSPS) is 23.9. The Bertz CT molecular complexity index is 343. The third kappa shape index (κ3) is 1.89. The van der Waals surface area contributed by atoms with E-state index in [-0.39, 0.29) is 5.54 Å². The first-order valence-corrected chi connectivity index (χ1v) is 6.36. The molecule has 1 atom stereocenters. The predicted molar refractivity (Wildman–Crippen MR) is 71.4 cm³/mol. The van der Waals surface area contributed by atoms with E-state index >= 15 is 0 Å². The molecule has 1 nitrogen and oxygen atoms in total. The van der Waals surface area contributed by atoms with Crippen molar-refractivity contribution in [2.24, 2.45) is 5.92 Å². The van der Waals surface area contributed by atoms with E-state index < -0.39 is 0 Å². The Balaban J connectivity index is 0.000000606. The van der Waals surface area contributed by atoms with Crippen LogP contribution in [0.15, 0.2) is 24.3 Å². The van der Waals surface area contributed by atoms with Crippen LogP contribution >= 0.6 is 0 Å². The van der Waals surface area contributed by atoms with Gasteiger partial charge in [-0.1, -0.05) is 52.0 Å². The molecule has 0 saturated heterocycles. The summed E-state index contributed by atoms with van der Waals surface area (Å²) in [6.07, 6.45) is 0. The first-order chi connectivity index (χ1) is 7.56. The molecular weight excluding hydrogens is 194 g/mol. The average molecular weight is 219 g/mol. The van der Waals surface area contributed by atoms with Crippen LogP contribution in [0.25, 0.3) is 0 Å². The Hall–Kier alpha value is -0.820. The van der Waals surface area contributed by atoms with Gasteiger partial charge in [0, 0.05) is 12.1 Å². The number of nitrogens with zero attached hydrogens (tertiary/aromatic N) is 1. The van der Waals surface area contributed by atoms with Gasteiger partial charge in [0.05, 0.1) is 0 Å². The molecule has 1 aromatic rings. The van der Waals surface area contributed by atoms with Crippen LogP contribution in [0.4, 0.5) is 0 Å². The van der Waals surface area contributed by atoms with Crippen LogP contribution in [0.5, 0.6) is 0 Å². The Morgan fingerprint density at radius 2 is 1.75 bits per heavy atom. The molecule has 0 saturated carbocycles. The van der Waals surface area contributed by atoms with Gasteiger partial charge < -0.3 is 0 Å². The second-order valence-electron chi connectivity index (χ2n) is 4.82. The Morgan fingerprint density at radius 1 is 1.19 bits per heavy atom. The van der Waals surface area contributed by atoms with E-state index in [1.54, 1.807) is 0 Å². The van der Waals surface area contributed by atoms with Crippen molar-refractivity contribution in [2.75, 3.05) is 7.05 Å². The minimum absolute atomic E-state index is 0.219. The zero-order valence-corrected chi connectivity index (χ0v) is 11.5. The molecule has 1 heterocycles. The minimum Gasteiger partial charge on any atom is -0.292 e. The molecule has 0 aliphatic carbocycles. The van der Waals surface area contributed by atoms with Crippen molar-refractivity contribution in [1.82, 2.24) is 4.90 Å². The van der Waals surface area contributed by atoms with Crippen molar-refractivity contribution >= 4 is 0 Å². The van der Waals surface area contributed by atoms with E-state index in [4.69, 9.17) is 0 Å². The van der Waals surface area contributed by atoms with E-state index in [9.17, 15) is 0 Å². The fourth-order valence-electron chi connectivity index (χ4n) is 2.53. The van der Waals surface area contributed by atoms with Gasteiger partial charge >= 0.3 is 0 Å². The summed E-state index contributed by atoms with van der Waals surface area (Å²) in [4.78, 5) is 2.46. The summed E-state index contributed by atoms with van der Waals surface area (Å²) in [5.41, 5.74) is 3.22. The number of hydrogen-bond donors (Lipinski definition) is 0. The molecule has 0 fully saturated rings. The molecule has 2 rings (SSSR count). The summed E-state index contributed by atoms with van der Waals surface area (Å²) < 4.78 is 0. The molecule has 90 valence electrons. The van der Waals surface area contributed by atoms with Gasteiger partial charge in [0.15, 0.2) is 0 Å². The van der Waals surface area contributed by atoms with Gasteiger partial charge in [-0.05, 0) is 31.0 Å². The topological polar surface area (TPSA) is 3.24 Å². The quantitative estimate of drug-likeness (QED) is 0.689.